The molecular weight excluding hydrogens is 144 g/mol. The number of nitrogens with zero attached hydrogens (tertiary/aromatic N) is 2. The van der Waals surface area contributed by atoms with E-state index in [4.69, 9.17) is 4.74 Å². The molecule has 0 saturated carbocycles. The number of hydrogen-bond donors (Lipinski definition) is 0. The number of rotatable bonds is 0. The minimum atomic E-state index is -0.597. The molecule has 0 radical (unpaired) electrons. The average molecular weight is 154 g/mol. The van der Waals surface area contributed by atoms with Gasteiger partial charge in [-0.1, -0.05) is 6.92 Å². The summed E-state index contributed by atoms with van der Waals surface area (Å²) < 4.78 is 4.87. The van der Waals surface area contributed by atoms with Crippen molar-refractivity contribution in [3.05, 3.63) is 0 Å². The van der Waals surface area contributed by atoms with Crippen LogP contribution in [0.25, 0.3) is 0 Å². The quantitative estimate of drug-likeness (QED) is 0.484. The SMILES string of the molecule is C[C@H]1CN=N[C@@]12CCOC2=O. The maximum atomic E-state index is 11.2. The van der Waals surface area contributed by atoms with Crippen molar-refractivity contribution in [2.45, 2.75) is 18.9 Å². The molecule has 0 aromatic rings. The van der Waals surface area contributed by atoms with Crippen LogP contribution in [0.4, 0.5) is 0 Å². The van der Waals surface area contributed by atoms with E-state index in [-0.39, 0.29) is 11.9 Å². The lowest BCUT2D eigenvalue weighted by molar-refractivity contribution is -0.143. The van der Waals surface area contributed by atoms with Crippen molar-refractivity contribution in [1.29, 1.82) is 0 Å². The Hall–Kier alpha value is -0.930. The molecule has 2 atom stereocenters. The summed E-state index contributed by atoms with van der Waals surface area (Å²) in [6.07, 6.45) is 0.705. The van der Waals surface area contributed by atoms with Crippen molar-refractivity contribution >= 4 is 5.97 Å². The fraction of sp³-hybridized carbons (Fsp3) is 0.857. The van der Waals surface area contributed by atoms with Gasteiger partial charge >= 0.3 is 5.97 Å². The van der Waals surface area contributed by atoms with E-state index in [0.29, 0.717) is 19.6 Å². The average Bonchev–Trinajstić information content (AvgIpc) is 2.48. The summed E-state index contributed by atoms with van der Waals surface area (Å²) in [5, 5.41) is 7.85. The first-order valence-corrected chi connectivity index (χ1v) is 3.81. The van der Waals surface area contributed by atoms with Crippen LogP contribution in [-0.4, -0.2) is 24.7 Å². The molecular formula is C7H10N2O2. The number of carbonyl (C=O) groups is 1. The Labute approximate surface area is 64.6 Å². The van der Waals surface area contributed by atoms with Crippen LogP contribution in [0, 0.1) is 5.92 Å². The molecule has 4 heteroatoms. The first kappa shape index (κ1) is 6.76. The normalized spacial score (nSPS) is 41.9. The maximum Gasteiger partial charge on any atom is 0.336 e. The van der Waals surface area contributed by atoms with E-state index in [2.05, 4.69) is 10.2 Å². The second-order valence-corrected chi connectivity index (χ2v) is 3.14. The molecule has 4 nitrogen and oxygen atoms in total. The highest BCUT2D eigenvalue weighted by molar-refractivity contribution is 5.83. The highest BCUT2D eigenvalue weighted by Crippen LogP contribution is 2.36. The van der Waals surface area contributed by atoms with Crippen LogP contribution in [-0.2, 0) is 9.53 Å². The van der Waals surface area contributed by atoms with Gasteiger partial charge in [0.2, 0.25) is 0 Å². The van der Waals surface area contributed by atoms with Crippen LogP contribution in [0.3, 0.4) is 0 Å². The Kier molecular flexibility index (Phi) is 1.25. The van der Waals surface area contributed by atoms with Gasteiger partial charge in [-0.25, -0.2) is 4.79 Å². The first-order chi connectivity index (χ1) is 5.26. The summed E-state index contributed by atoms with van der Waals surface area (Å²) in [4.78, 5) is 11.2. The highest BCUT2D eigenvalue weighted by atomic mass is 16.5. The van der Waals surface area contributed by atoms with Gasteiger partial charge in [0.15, 0.2) is 5.54 Å². The summed E-state index contributed by atoms with van der Waals surface area (Å²) in [5.74, 6) is 0.0312. The minimum absolute atomic E-state index is 0.189. The van der Waals surface area contributed by atoms with Crippen molar-refractivity contribution in [1.82, 2.24) is 0 Å². The zero-order valence-corrected chi connectivity index (χ0v) is 6.41. The fourth-order valence-corrected chi connectivity index (χ4v) is 1.60. The Morgan fingerprint density at radius 3 is 3.00 bits per heavy atom. The summed E-state index contributed by atoms with van der Waals surface area (Å²) in [6, 6.07) is 0. The van der Waals surface area contributed by atoms with Gasteiger partial charge in [0, 0.05) is 12.3 Å². The lowest BCUT2D eigenvalue weighted by atomic mass is 9.86. The monoisotopic (exact) mass is 154 g/mol. The largest absolute Gasteiger partial charge is 0.464 e. The number of esters is 1. The summed E-state index contributed by atoms with van der Waals surface area (Å²) in [5.41, 5.74) is -0.597. The van der Waals surface area contributed by atoms with Crippen molar-refractivity contribution in [2.75, 3.05) is 13.2 Å². The number of azo groups is 1. The maximum absolute atomic E-state index is 11.2. The number of carbonyl (C=O) groups excluding carboxylic acids is 1. The molecule has 0 aromatic heterocycles. The zero-order chi connectivity index (χ0) is 7.90. The van der Waals surface area contributed by atoms with Crippen LogP contribution in [0.15, 0.2) is 10.2 Å². The molecule has 0 aromatic carbocycles. The second kappa shape index (κ2) is 2.03. The predicted molar refractivity (Wildman–Crippen MR) is 37.2 cm³/mol. The van der Waals surface area contributed by atoms with Crippen LogP contribution >= 0.6 is 0 Å². The Morgan fingerprint density at radius 2 is 2.55 bits per heavy atom. The lowest BCUT2D eigenvalue weighted by Crippen LogP contribution is -2.37. The van der Waals surface area contributed by atoms with Crippen LogP contribution in [0.1, 0.15) is 13.3 Å². The number of cyclic esters (lactones) is 1. The third-order valence-corrected chi connectivity index (χ3v) is 2.49. The zero-order valence-electron chi connectivity index (χ0n) is 6.41. The van der Waals surface area contributed by atoms with Gasteiger partial charge in [0.25, 0.3) is 0 Å². The molecule has 2 heterocycles. The standard InChI is InChI=1S/C7H10N2O2/c1-5-4-8-9-7(5)2-3-11-6(7)10/h5H,2-4H2,1H3/t5-,7-/m0/s1. The summed E-state index contributed by atoms with van der Waals surface area (Å²) in [6.45, 7) is 3.16. The van der Waals surface area contributed by atoms with E-state index >= 15 is 0 Å². The van der Waals surface area contributed by atoms with Crippen LogP contribution < -0.4 is 0 Å². The van der Waals surface area contributed by atoms with Gasteiger partial charge in [-0.15, -0.1) is 0 Å². The lowest BCUT2D eigenvalue weighted by Gasteiger charge is -2.17. The molecule has 11 heavy (non-hydrogen) atoms. The van der Waals surface area contributed by atoms with Crippen molar-refractivity contribution in [3.8, 4) is 0 Å². The van der Waals surface area contributed by atoms with E-state index in [1.807, 2.05) is 6.92 Å². The molecule has 2 aliphatic rings. The van der Waals surface area contributed by atoms with E-state index < -0.39 is 5.54 Å². The minimum Gasteiger partial charge on any atom is -0.464 e. The molecule has 1 saturated heterocycles. The molecule has 60 valence electrons. The molecule has 0 unspecified atom stereocenters. The summed E-state index contributed by atoms with van der Waals surface area (Å²) >= 11 is 0. The number of hydrogen-bond acceptors (Lipinski definition) is 4. The molecule has 2 aliphatic heterocycles. The van der Waals surface area contributed by atoms with E-state index in [0.717, 1.165) is 0 Å². The van der Waals surface area contributed by atoms with Gasteiger partial charge < -0.3 is 4.74 Å². The van der Waals surface area contributed by atoms with Crippen molar-refractivity contribution in [3.63, 3.8) is 0 Å². The molecule has 0 aliphatic carbocycles. The third kappa shape index (κ3) is 0.721. The molecule has 0 N–H and O–H groups in total. The van der Waals surface area contributed by atoms with E-state index in [9.17, 15) is 4.79 Å². The Morgan fingerprint density at radius 1 is 1.73 bits per heavy atom. The van der Waals surface area contributed by atoms with E-state index in [1.165, 1.54) is 0 Å². The number of ether oxygens (including phenoxy) is 1. The third-order valence-electron chi connectivity index (χ3n) is 2.49. The molecule has 0 amide bonds. The molecule has 0 bridgehead atoms. The molecule has 2 rings (SSSR count). The van der Waals surface area contributed by atoms with E-state index in [1.54, 1.807) is 0 Å². The smallest absolute Gasteiger partial charge is 0.336 e. The van der Waals surface area contributed by atoms with Crippen molar-refractivity contribution < 1.29 is 9.53 Å². The van der Waals surface area contributed by atoms with Gasteiger partial charge in [0.05, 0.1) is 13.2 Å². The first-order valence-electron chi connectivity index (χ1n) is 3.81. The topological polar surface area (TPSA) is 51.0 Å². The van der Waals surface area contributed by atoms with Crippen LogP contribution in [0.2, 0.25) is 0 Å². The predicted octanol–water partition coefficient (Wildman–Crippen LogP) is 0.774. The van der Waals surface area contributed by atoms with Crippen molar-refractivity contribution in [2.24, 2.45) is 16.1 Å². The van der Waals surface area contributed by atoms with Gasteiger partial charge in [-0.05, 0) is 0 Å². The van der Waals surface area contributed by atoms with Gasteiger partial charge in [-0.2, -0.15) is 10.2 Å². The molecule has 1 spiro atoms. The summed E-state index contributed by atoms with van der Waals surface area (Å²) in [7, 11) is 0. The Bertz CT molecular complexity index is 226. The van der Waals surface area contributed by atoms with Gasteiger partial charge in [-0.3, -0.25) is 0 Å². The highest BCUT2D eigenvalue weighted by Gasteiger charge is 2.51. The molecule has 1 fully saturated rings. The van der Waals surface area contributed by atoms with Gasteiger partial charge in [0.1, 0.15) is 0 Å². The second-order valence-electron chi connectivity index (χ2n) is 3.14. The van der Waals surface area contributed by atoms with Crippen LogP contribution in [0.5, 0.6) is 0 Å². The Balaban J connectivity index is 2.33. The fourth-order valence-electron chi connectivity index (χ4n) is 1.60.